The highest BCUT2D eigenvalue weighted by Crippen LogP contribution is 2.23. The predicted molar refractivity (Wildman–Crippen MR) is 110 cm³/mol. The van der Waals surface area contributed by atoms with E-state index in [1.807, 2.05) is 19.1 Å². The van der Waals surface area contributed by atoms with Gasteiger partial charge in [-0.1, -0.05) is 13.8 Å². The number of carbonyl (C=O) groups is 2. The number of primary amides is 1. The summed E-state index contributed by atoms with van der Waals surface area (Å²) in [5.74, 6) is -0.381. The number of pyridine rings is 2. The highest BCUT2D eigenvalue weighted by molar-refractivity contribution is 5.94. The van der Waals surface area contributed by atoms with Gasteiger partial charge < -0.3 is 10.6 Å². The minimum Gasteiger partial charge on any atom is -0.366 e. The van der Waals surface area contributed by atoms with Gasteiger partial charge in [-0.15, -0.1) is 0 Å². The number of hydrogen-bond acceptors (Lipinski definition) is 5. The summed E-state index contributed by atoms with van der Waals surface area (Å²) >= 11 is 0. The molecular weight excluding hydrogens is 368 g/mol. The Bertz CT molecular complexity index is 1020. The van der Waals surface area contributed by atoms with Crippen molar-refractivity contribution in [1.29, 1.82) is 0 Å². The van der Waals surface area contributed by atoms with Crippen LogP contribution in [0.3, 0.4) is 0 Å². The van der Waals surface area contributed by atoms with Crippen LogP contribution >= 0.6 is 0 Å². The van der Waals surface area contributed by atoms with Crippen LogP contribution in [-0.4, -0.2) is 50.1 Å². The number of nitrogens with two attached hydrogens (primary N) is 1. The first-order valence-electron chi connectivity index (χ1n) is 9.31. The number of rotatable bonds is 6. The van der Waals surface area contributed by atoms with E-state index in [0.29, 0.717) is 40.8 Å². The zero-order valence-electron chi connectivity index (χ0n) is 17.0. The maximum Gasteiger partial charge on any atom is 0.274 e. The van der Waals surface area contributed by atoms with Gasteiger partial charge in [-0.2, -0.15) is 5.10 Å². The van der Waals surface area contributed by atoms with E-state index >= 15 is 0 Å². The fourth-order valence-corrected chi connectivity index (χ4v) is 2.97. The first kappa shape index (κ1) is 20.2. The summed E-state index contributed by atoms with van der Waals surface area (Å²) in [5, 5.41) is 4.53. The molecule has 29 heavy (non-hydrogen) atoms. The van der Waals surface area contributed by atoms with Crippen molar-refractivity contribution in [1.82, 2.24) is 24.6 Å². The molecule has 0 aliphatic heterocycles. The average molecular weight is 392 g/mol. The van der Waals surface area contributed by atoms with Crippen molar-refractivity contribution in [2.24, 2.45) is 11.7 Å². The lowest BCUT2D eigenvalue weighted by atomic mass is 10.2. The molecule has 2 N–H and O–H groups in total. The fourth-order valence-electron chi connectivity index (χ4n) is 2.97. The zero-order valence-corrected chi connectivity index (χ0v) is 17.0. The quantitative estimate of drug-likeness (QED) is 0.693. The van der Waals surface area contributed by atoms with Gasteiger partial charge in [0, 0.05) is 25.5 Å². The summed E-state index contributed by atoms with van der Waals surface area (Å²) in [6.07, 6.45) is 3.10. The molecule has 0 atom stereocenters. The number of nitrogens with zero attached hydrogens (tertiary/aromatic N) is 5. The van der Waals surface area contributed by atoms with Crippen LogP contribution in [0.15, 0.2) is 42.7 Å². The van der Waals surface area contributed by atoms with Crippen molar-refractivity contribution in [2.75, 3.05) is 13.6 Å². The third-order valence-corrected chi connectivity index (χ3v) is 4.36. The van der Waals surface area contributed by atoms with Gasteiger partial charge in [-0.25, -0.2) is 4.68 Å². The summed E-state index contributed by atoms with van der Waals surface area (Å²) in [6.45, 7) is 6.62. The number of amides is 2. The molecule has 8 nitrogen and oxygen atoms in total. The Morgan fingerprint density at radius 2 is 1.90 bits per heavy atom. The summed E-state index contributed by atoms with van der Waals surface area (Å²) in [5.41, 5.74) is 8.68. The van der Waals surface area contributed by atoms with E-state index in [1.165, 1.54) is 6.20 Å². The molecule has 0 radical (unpaired) electrons. The molecule has 3 aromatic rings. The first-order valence-corrected chi connectivity index (χ1v) is 9.31. The lowest BCUT2D eigenvalue weighted by molar-refractivity contribution is 0.0772. The van der Waals surface area contributed by atoms with Crippen molar-refractivity contribution in [3.63, 3.8) is 0 Å². The lowest BCUT2D eigenvalue weighted by Crippen LogP contribution is -2.30. The van der Waals surface area contributed by atoms with Gasteiger partial charge in [0.05, 0.1) is 28.8 Å². The van der Waals surface area contributed by atoms with Gasteiger partial charge >= 0.3 is 0 Å². The molecule has 0 aromatic carbocycles. The van der Waals surface area contributed by atoms with E-state index in [4.69, 9.17) is 5.73 Å². The van der Waals surface area contributed by atoms with Crippen LogP contribution in [-0.2, 0) is 0 Å². The maximum atomic E-state index is 12.9. The average Bonchev–Trinajstić information content (AvgIpc) is 3.12. The van der Waals surface area contributed by atoms with Crippen LogP contribution in [0.4, 0.5) is 0 Å². The Balaban J connectivity index is 2.07. The summed E-state index contributed by atoms with van der Waals surface area (Å²) in [4.78, 5) is 34.5. The maximum absolute atomic E-state index is 12.9. The molecule has 0 saturated heterocycles. The smallest absolute Gasteiger partial charge is 0.274 e. The Hall–Kier alpha value is -3.55. The van der Waals surface area contributed by atoms with Gasteiger partial charge in [0.1, 0.15) is 0 Å². The van der Waals surface area contributed by atoms with Crippen LogP contribution in [0.2, 0.25) is 0 Å². The second-order valence-corrected chi connectivity index (χ2v) is 7.36. The highest BCUT2D eigenvalue weighted by Gasteiger charge is 2.21. The van der Waals surface area contributed by atoms with Crippen molar-refractivity contribution in [3.8, 4) is 17.1 Å². The van der Waals surface area contributed by atoms with Crippen LogP contribution in [0.1, 0.15) is 40.4 Å². The van der Waals surface area contributed by atoms with Gasteiger partial charge in [0.2, 0.25) is 5.91 Å². The normalized spacial score (nSPS) is 10.9. The number of aromatic nitrogens is 4. The molecule has 0 bridgehead atoms. The van der Waals surface area contributed by atoms with Gasteiger partial charge in [0.15, 0.2) is 5.69 Å². The predicted octanol–water partition coefficient (Wildman–Crippen LogP) is 2.46. The van der Waals surface area contributed by atoms with Crippen LogP contribution in [0.25, 0.3) is 17.1 Å². The fraction of sp³-hybridized carbons (Fsp3) is 0.286. The Morgan fingerprint density at radius 3 is 2.45 bits per heavy atom. The molecule has 0 unspecified atom stereocenters. The number of hydrogen-bond donors (Lipinski definition) is 1. The van der Waals surface area contributed by atoms with E-state index in [-0.39, 0.29) is 5.91 Å². The molecular formula is C21H24N6O2. The Kier molecular flexibility index (Phi) is 5.72. The van der Waals surface area contributed by atoms with Gasteiger partial charge in [0.25, 0.3) is 5.91 Å². The van der Waals surface area contributed by atoms with E-state index < -0.39 is 5.91 Å². The standard InChI is InChI=1S/C21H24N6O2/c1-13(2)12-26(4)21(29)18-9-19(17-8-6-15(10-24-17)20(22)28)27(25-18)16-7-5-14(3)23-11-16/h5-11,13H,12H2,1-4H3,(H2,22,28). The third-order valence-electron chi connectivity index (χ3n) is 4.36. The third kappa shape index (κ3) is 4.48. The summed E-state index contributed by atoms with van der Waals surface area (Å²) in [6, 6.07) is 8.73. The van der Waals surface area contributed by atoms with Crippen molar-refractivity contribution in [3.05, 3.63) is 59.7 Å². The molecule has 0 aliphatic carbocycles. The monoisotopic (exact) mass is 392 g/mol. The highest BCUT2D eigenvalue weighted by atomic mass is 16.2. The van der Waals surface area contributed by atoms with Crippen LogP contribution in [0.5, 0.6) is 0 Å². The van der Waals surface area contributed by atoms with E-state index in [2.05, 4.69) is 28.9 Å². The first-order chi connectivity index (χ1) is 13.8. The summed E-state index contributed by atoms with van der Waals surface area (Å²) < 4.78 is 1.63. The second-order valence-electron chi connectivity index (χ2n) is 7.36. The molecule has 8 heteroatoms. The molecule has 0 fully saturated rings. The molecule has 0 spiro atoms. The van der Waals surface area contributed by atoms with Crippen molar-refractivity contribution in [2.45, 2.75) is 20.8 Å². The molecule has 150 valence electrons. The number of carbonyl (C=O) groups excluding carboxylic acids is 2. The molecule has 0 aliphatic rings. The lowest BCUT2D eigenvalue weighted by Gasteiger charge is -2.17. The van der Waals surface area contributed by atoms with Crippen LogP contribution in [0, 0.1) is 12.8 Å². The van der Waals surface area contributed by atoms with Crippen molar-refractivity contribution >= 4 is 11.8 Å². The zero-order chi connectivity index (χ0) is 21.1. The van der Waals surface area contributed by atoms with E-state index in [1.54, 1.807) is 41.0 Å². The van der Waals surface area contributed by atoms with E-state index in [0.717, 1.165) is 5.69 Å². The summed E-state index contributed by atoms with van der Waals surface area (Å²) in [7, 11) is 1.76. The minimum atomic E-state index is -0.550. The topological polar surface area (TPSA) is 107 Å². The van der Waals surface area contributed by atoms with E-state index in [9.17, 15) is 9.59 Å². The van der Waals surface area contributed by atoms with Crippen LogP contribution < -0.4 is 5.73 Å². The second kappa shape index (κ2) is 8.22. The van der Waals surface area contributed by atoms with Gasteiger partial charge in [-0.3, -0.25) is 19.6 Å². The SMILES string of the molecule is Cc1ccc(-n2nc(C(=O)N(C)CC(C)C)cc2-c2ccc(C(N)=O)cn2)cn1. The van der Waals surface area contributed by atoms with Crippen molar-refractivity contribution < 1.29 is 9.59 Å². The number of aryl methyl sites for hydroxylation is 1. The molecule has 3 aromatic heterocycles. The largest absolute Gasteiger partial charge is 0.366 e. The molecule has 0 saturated carbocycles. The van der Waals surface area contributed by atoms with Gasteiger partial charge in [-0.05, 0) is 43.2 Å². The molecule has 3 rings (SSSR count). The molecule has 2 amide bonds. The molecule has 3 heterocycles. The minimum absolute atomic E-state index is 0.174. The Morgan fingerprint density at radius 1 is 1.14 bits per heavy atom. The Labute approximate surface area is 169 Å².